The van der Waals surface area contributed by atoms with Gasteiger partial charge < -0.3 is 26.5 Å². The molecule has 1 saturated carbocycles. The van der Waals surface area contributed by atoms with Crippen molar-refractivity contribution in [2.45, 2.75) is 45.6 Å². The van der Waals surface area contributed by atoms with Crippen LogP contribution in [-0.2, 0) is 6.54 Å². The van der Waals surface area contributed by atoms with E-state index in [4.69, 9.17) is 15.9 Å². The number of aryl methyl sites for hydroxylation is 1. The smallest absolute Gasteiger partial charge is 0.251 e. The van der Waals surface area contributed by atoms with Gasteiger partial charge in [-0.3, -0.25) is 4.79 Å². The van der Waals surface area contributed by atoms with Crippen molar-refractivity contribution in [2.75, 3.05) is 5.32 Å². The summed E-state index contributed by atoms with van der Waals surface area (Å²) in [4.78, 5) is 12.4. The number of nitrogens with one attached hydrogen (secondary N) is 2. The van der Waals surface area contributed by atoms with Crippen LogP contribution in [0.25, 0.3) is 0 Å². The van der Waals surface area contributed by atoms with Crippen LogP contribution in [0.15, 0.2) is 64.5 Å². The minimum Gasteiger partial charge on any atom is -0.465 e. The molecule has 158 valence electrons. The molecule has 0 radical (unpaired) electrons. The fourth-order valence-corrected chi connectivity index (χ4v) is 3.55. The maximum absolute atomic E-state index is 12.4. The Balaban J connectivity index is 0.00000240. The average molecular weight is 399 g/mol. The Bertz CT molecular complexity index is 902. The Labute approximate surface area is 175 Å². The zero-order valence-corrected chi connectivity index (χ0v) is 16.9. The van der Waals surface area contributed by atoms with Crippen molar-refractivity contribution < 1.29 is 12.1 Å². The van der Waals surface area contributed by atoms with Gasteiger partial charge in [0.1, 0.15) is 17.3 Å². The highest BCUT2D eigenvalue weighted by molar-refractivity contribution is 5.95. The third-order valence-corrected chi connectivity index (χ3v) is 5.16. The van der Waals surface area contributed by atoms with Crippen LogP contribution in [0.1, 0.15) is 56.8 Å². The van der Waals surface area contributed by atoms with E-state index in [9.17, 15) is 4.79 Å². The van der Waals surface area contributed by atoms with Gasteiger partial charge in [-0.1, -0.05) is 25.3 Å². The van der Waals surface area contributed by atoms with Gasteiger partial charge >= 0.3 is 0 Å². The average Bonchev–Trinajstić information content (AvgIpc) is 3.16. The van der Waals surface area contributed by atoms with E-state index in [0.29, 0.717) is 23.8 Å². The Kier molecular flexibility index (Phi) is 7.00. The number of allylic oxidation sites excluding steroid dienone is 3. The summed E-state index contributed by atoms with van der Waals surface area (Å²) < 4.78 is 5.47. The van der Waals surface area contributed by atoms with Crippen LogP contribution in [-0.4, -0.2) is 5.91 Å². The lowest BCUT2D eigenvalue weighted by molar-refractivity contribution is 0.0948. The Morgan fingerprint density at radius 3 is 2.69 bits per heavy atom. The lowest BCUT2D eigenvalue weighted by atomic mass is 9.87. The second kappa shape index (κ2) is 9.87. The van der Waals surface area contributed by atoms with E-state index in [0.717, 1.165) is 35.7 Å². The Hall–Kier alpha value is -3.15. The molecule has 0 bridgehead atoms. The number of anilines is 1. The quantitative estimate of drug-likeness (QED) is 0.508. The molecular formula is C23H34N4O2. The van der Waals surface area contributed by atoms with E-state index < -0.39 is 0 Å². The van der Waals surface area contributed by atoms with Crippen LogP contribution in [0.5, 0.6) is 0 Å². The first-order chi connectivity index (χ1) is 14.0. The molecule has 1 aromatic heterocycles. The second-order valence-corrected chi connectivity index (χ2v) is 7.52. The molecule has 1 heterocycles. The van der Waals surface area contributed by atoms with Crippen molar-refractivity contribution in [3.05, 3.63) is 77.2 Å². The largest absolute Gasteiger partial charge is 0.465 e. The molecule has 0 spiro atoms. The highest BCUT2D eigenvalue weighted by Gasteiger charge is 2.15. The van der Waals surface area contributed by atoms with Crippen molar-refractivity contribution in [1.29, 1.82) is 0 Å². The van der Waals surface area contributed by atoms with E-state index in [1.165, 1.54) is 19.3 Å². The maximum atomic E-state index is 12.4. The molecule has 0 saturated heterocycles. The molecule has 0 atom stereocenters. The molecule has 0 aliphatic heterocycles. The fraction of sp³-hybridized carbons (Fsp3) is 0.348. The first kappa shape index (κ1) is 20.6. The van der Waals surface area contributed by atoms with Crippen LogP contribution >= 0.6 is 0 Å². The summed E-state index contributed by atoms with van der Waals surface area (Å²) in [6.07, 6.45) is 9.76. The number of nitrogens with two attached hydrogens (primary N) is 2. The van der Waals surface area contributed by atoms with Crippen molar-refractivity contribution >= 4 is 11.6 Å². The van der Waals surface area contributed by atoms with Gasteiger partial charge in [-0.05, 0) is 68.2 Å². The molecule has 0 unspecified atom stereocenters. The van der Waals surface area contributed by atoms with Crippen LogP contribution in [0.3, 0.4) is 0 Å². The van der Waals surface area contributed by atoms with Gasteiger partial charge in [0.05, 0.1) is 6.54 Å². The summed E-state index contributed by atoms with van der Waals surface area (Å²) in [5.41, 5.74) is 14.5. The van der Waals surface area contributed by atoms with Gasteiger partial charge in [0.2, 0.25) is 0 Å². The van der Waals surface area contributed by atoms with Gasteiger partial charge in [0.15, 0.2) is 0 Å². The monoisotopic (exact) mass is 398 g/mol. The SMILES string of the molecule is Cc1ccc(CNC(=O)c2cccc(N/C(N)=C/C=C(\N)C3CCCCC3)c2)o1.[HH].[HH]. The summed E-state index contributed by atoms with van der Waals surface area (Å²) in [7, 11) is 0. The topological polar surface area (TPSA) is 106 Å². The first-order valence-electron chi connectivity index (χ1n) is 10.1. The van der Waals surface area contributed by atoms with Crippen molar-refractivity contribution in [2.24, 2.45) is 17.4 Å². The molecule has 1 fully saturated rings. The van der Waals surface area contributed by atoms with Crippen LogP contribution in [0.4, 0.5) is 5.69 Å². The summed E-state index contributed by atoms with van der Waals surface area (Å²) in [5, 5.41) is 5.97. The Morgan fingerprint density at radius 2 is 1.97 bits per heavy atom. The van der Waals surface area contributed by atoms with E-state index >= 15 is 0 Å². The highest BCUT2D eigenvalue weighted by atomic mass is 16.3. The third kappa shape index (κ3) is 6.17. The lowest BCUT2D eigenvalue weighted by Gasteiger charge is -2.21. The fourth-order valence-electron chi connectivity index (χ4n) is 3.55. The van der Waals surface area contributed by atoms with E-state index in [1.807, 2.05) is 37.3 Å². The number of hydrogen-bond donors (Lipinski definition) is 4. The second-order valence-electron chi connectivity index (χ2n) is 7.52. The molecule has 6 heteroatoms. The van der Waals surface area contributed by atoms with Crippen molar-refractivity contribution in [3.63, 3.8) is 0 Å². The predicted molar refractivity (Wildman–Crippen MR) is 120 cm³/mol. The molecule has 6 nitrogen and oxygen atoms in total. The van der Waals surface area contributed by atoms with E-state index in [-0.39, 0.29) is 8.76 Å². The molecule has 6 N–H and O–H groups in total. The minimum absolute atomic E-state index is 0. The number of furan rings is 1. The number of carbonyl (C=O) groups excluding carboxylic acids is 1. The molecule has 2 aromatic rings. The van der Waals surface area contributed by atoms with E-state index in [2.05, 4.69) is 10.6 Å². The van der Waals surface area contributed by atoms with Crippen molar-refractivity contribution in [3.8, 4) is 0 Å². The summed E-state index contributed by atoms with van der Waals surface area (Å²) in [5.74, 6) is 2.30. The van der Waals surface area contributed by atoms with Gasteiger partial charge in [-0.25, -0.2) is 0 Å². The van der Waals surface area contributed by atoms with Crippen LogP contribution in [0.2, 0.25) is 0 Å². The zero-order chi connectivity index (χ0) is 20.6. The summed E-state index contributed by atoms with van der Waals surface area (Å²) >= 11 is 0. The van der Waals surface area contributed by atoms with Crippen LogP contribution < -0.4 is 22.1 Å². The standard InChI is InChI=1S/C23H30N4O2.2H2/c1-16-10-11-20(29-16)15-26-23(28)18-8-5-9-19(14-18)27-22(25)13-12-21(24)17-6-3-2-4-7-17;;/h5,8-14,17,27H,2-4,6-7,15,24-25H2,1H3,(H,26,28);2*1H/b21-12-,22-13+;;. The lowest BCUT2D eigenvalue weighted by Crippen LogP contribution is -2.22. The zero-order valence-electron chi connectivity index (χ0n) is 16.9. The van der Waals surface area contributed by atoms with E-state index in [1.54, 1.807) is 18.2 Å². The molecule has 1 aromatic carbocycles. The molecule has 1 amide bonds. The molecule has 3 rings (SSSR count). The van der Waals surface area contributed by atoms with Gasteiger partial charge in [-0.2, -0.15) is 0 Å². The van der Waals surface area contributed by atoms with Gasteiger partial charge in [0.25, 0.3) is 5.91 Å². The number of rotatable bonds is 7. The van der Waals surface area contributed by atoms with Crippen molar-refractivity contribution in [1.82, 2.24) is 5.32 Å². The molecule has 1 aliphatic carbocycles. The van der Waals surface area contributed by atoms with Gasteiger partial charge in [-0.15, -0.1) is 0 Å². The van der Waals surface area contributed by atoms with Crippen LogP contribution in [0, 0.1) is 12.8 Å². The number of benzene rings is 1. The molecule has 29 heavy (non-hydrogen) atoms. The number of carbonyl (C=O) groups is 1. The third-order valence-electron chi connectivity index (χ3n) is 5.16. The Morgan fingerprint density at radius 1 is 1.17 bits per heavy atom. The number of amides is 1. The molecule has 1 aliphatic rings. The number of hydrogen-bond acceptors (Lipinski definition) is 5. The normalized spacial score (nSPS) is 15.9. The highest BCUT2D eigenvalue weighted by Crippen LogP contribution is 2.27. The predicted octanol–water partition coefficient (Wildman–Crippen LogP) is 4.64. The van der Waals surface area contributed by atoms with Gasteiger partial charge in [0, 0.05) is 19.8 Å². The summed E-state index contributed by atoms with van der Waals surface area (Å²) in [6, 6.07) is 10.9. The minimum atomic E-state index is -0.174. The first-order valence-corrected chi connectivity index (χ1v) is 10.1. The molecular weight excluding hydrogens is 364 g/mol. The maximum Gasteiger partial charge on any atom is 0.251 e. The summed E-state index contributed by atoms with van der Waals surface area (Å²) in [6.45, 7) is 2.22.